The highest BCUT2D eigenvalue weighted by Gasteiger charge is 2.42. The van der Waals surface area contributed by atoms with Gasteiger partial charge in [0.15, 0.2) is 11.5 Å². The Kier molecular flexibility index (Phi) is 8.17. The van der Waals surface area contributed by atoms with Gasteiger partial charge in [-0.2, -0.15) is 10.2 Å². The molecule has 1 N–H and O–H groups in total. The highest BCUT2D eigenvalue weighted by molar-refractivity contribution is 5.97. The maximum atomic E-state index is 14.9. The van der Waals surface area contributed by atoms with Crippen molar-refractivity contribution in [3.8, 4) is 22.6 Å². The van der Waals surface area contributed by atoms with Crippen LogP contribution >= 0.6 is 0 Å². The molecular weight excluding hydrogens is 654 g/mol. The minimum Gasteiger partial charge on any atom is -0.488 e. The summed E-state index contributed by atoms with van der Waals surface area (Å²) in [5.41, 5.74) is 3.45. The molecule has 2 aliphatic heterocycles. The first-order chi connectivity index (χ1) is 24.5. The zero-order valence-electron chi connectivity index (χ0n) is 28.6. The van der Waals surface area contributed by atoms with Gasteiger partial charge < -0.3 is 19.6 Å². The molecule has 4 bridgehead atoms. The molecule has 1 saturated heterocycles. The molecule has 1 amide bonds. The summed E-state index contributed by atoms with van der Waals surface area (Å²) >= 11 is 0. The lowest BCUT2D eigenvalue weighted by atomic mass is 9.98. The fourth-order valence-corrected chi connectivity index (χ4v) is 7.40. The number of aryl methyl sites for hydroxylation is 2. The van der Waals surface area contributed by atoms with Gasteiger partial charge >= 0.3 is 0 Å². The second kappa shape index (κ2) is 12.7. The van der Waals surface area contributed by atoms with Gasteiger partial charge in [-0.05, 0) is 74.6 Å². The van der Waals surface area contributed by atoms with Gasteiger partial charge in [0, 0.05) is 43.7 Å². The molecule has 2 atom stereocenters. The summed E-state index contributed by atoms with van der Waals surface area (Å²) in [4.78, 5) is 27.5. The molecule has 3 aromatic heterocycles. The number of nitrogens with zero attached hydrogens (tertiary/aromatic N) is 8. The molecule has 0 saturated carbocycles. The Labute approximate surface area is 293 Å². The van der Waals surface area contributed by atoms with Gasteiger partial charge in [0.1, 0.15) is 41.5 Å². The molecule has 8 rings (SSSR count). The third-order valence-corrected chi connectivity index (χ3v) is 9.88. The van der Waals surface area contributed by atoms with Crippen molar-refractivity contribution in [1.82, 2.24) is 34.4 Å². The van der Waals surface area contributed by atoms with Crippen LogP contribution in [0, 0.1) is 11.6 Å². The molecule has 3 aromatic carbocycles. The number of benzene rings is 3. The van der Waals surface area contributed by atoms with E-state index in [1.807, 2.05) is 51.9 Å². The first-order valence-corrected chi connectivity index (χ1v) is 17.2. The first kappa shape index (κ1) is 32.8. The molecule has 0 radical (unpaired) electrons. The molecule has 0 aliphatic carbocycles. The quantitative estimate of drug-likeness (QED) is 0.248. The number of anilines is 1. The number of amides is 1. The van der Waals surface area contributed by atoms with Crippen molar-refractivity contribution >= 4 is 33.7 Å². The molecule has 0 unspecified atom stereocenters. The largest absolute Gasteiger partial charge is 0.488 e. The number of ether oxygens (including phenoxy) is 1. The van der Waals surface area contributed by atoms with Gasteiger partial charge in [0.25, 0.3) is 0 Å². The number of aliphatic hydroxyl groups is 1. The molecular formula is C38H38F2N8O3. The lowest BCUT2D eigenvalue weighted by Crippen LogP contribution is -2.47. The summed E-state index contributed by atoms with van der Waals surface area (Å²) in [7, 11) is 1.95. The van der Waals surface area contributed by atoms with Crippen molar-refractivity contribution in [1.29, 1.82) is 0 Å². The smallest absolute Gasteiger partial charge is 0.245 e. The third kappa shape index (κ3) is 6.15. The van der Waals surface area contributed by atoms with Crippen molar-refractivity contribution < 1.29 is 23.4 Å². The summed E-state index contributed by atoms with van der Waals surface area (Å²) < 4.78 is 38.5. The summed E-state index contributed by atoms with van der Waals surface area (Å²) in [6.45, 7) is 4.65. The van der Waals surface area contributed by atoms with Gasteiger partial charge in [-0.25, -0.2) is 23.4 Å². The zero-order valence-corrected chi connectivity index (χ0v) is 28.6. The van der Waals surface area contributed by atoms with E-state index in [1.165, 1.54) is 23.3 Å². The standard InChI is InChI=1S/C38H38F2N8O3/c1-38(2,50)14-16-46-15-6-11-32-34-27(9-5-10-30(34)44-45(32)3)23-7-4-8-25(17-23)51-26-19-33(37(46)49)47(21-26)35-28-20-43-48(36(28)42-22-41-35)31-13-12-24(39)18-29(31)40/h4-5,7-10,12-13,17-18,20,22,26,33,50H,6,11,14-16,19,21H2,1-3H3/t26-,33-/m0/s1. The fourth-order valence-electron chi connectivity index (χ4n) is 7.40. The van der Waals surface area contributed by atoms with Crippen LogP contribution in [0.25, 0.3) is 38.8 Å². The Morgan fingerprint density at radius 3 is 2.73 bits per heavy atom. The number of hydrogen-bond donors (Lipinski definition) is 1. The Morgan fingerprint density at radius 2 is 1.90 bits per heavy atom. The number of halogens is 2. The molecule has 1 fully saturated rings. The van der Waals surface area contributed by atoms with Crippen LogP contribution in [-0.4, -0.2) is 82.8 Å². The normalized spacial score (nSPS) is 18.3. The Morgan fingerprint density at radius 1 is 1.06 bits per heavy atom. The Bertz CT molecular complexity index is 2280. The molecule has 6 aromatic rings. The number of rotatable bonds is 5. The number of carbonyl (C=O) groups is 1. The maximum Gasteiger partial charge on any atom is 0.245 e. The van der Waals surface area contributed by atoms with Crippen LogP contribution in [0.15, 0.2) is 73.2 Å². The summed E-state index contributed by atoms with van der Waals surface area (Å²) in [5.74, 6) is -0.449. The highest BCUT2D eigenvalue weighted by Crippen LogP contribution is 2.37. The lowest BCUT2D eigenvalue weighted by Gasteiger charge is -2.32. The van der Waals surface area contributed by atoms with E-state index in [-0.39, 0.29) is 17.7 Å². The lowest BCUT2D eigenvalue weighted by molar-refractivity contribution is -0.133. The van der Waals surface area contributed by atoms with Crippen LogP contribution in [0.3, 0.4) is 0 Å². The van der Waals surface area contributed by atoms with E-state index >= 15 is 0 Å². The highest BCUT2D eigenvalue weighted by atomic mass is 19.1. The molecule has 262 valence electrons. The topological polar surface area (TPSA) is 114 Å². The van der Waals surface area contributed by atoms with Crippen molar-refractivity contribution in [3.05, 3.63) is 90.5 Å². The van der Waals surface area contributed by atoms with E-state index in [4.69, 9.17) is 9.84 Å². The predicted molar refractivity (Wildman–Crippen MR) is 189 cm³/mol. The van der Waals surface area contributed by atoms with E-state index in [1.54, 1.807) is 13.8 Å². The van der Waals surface area contributed by atoms with E-state index in [2.05, 4.69) is 27.2 Å². The number of aromatic nitrogens is 6. The summed E-state index contributed by atoms with van der Waals surface area (Å²) in [6, 6.07) is 16.8. The monoisotopic (exact) mass is 692 g/mol. The van der Waals surface area contributed by atoms with Crippen molar-refractivity contribution in [2.75, 3.05) is 24.5 Å². The van der Waals surface area contributed by atoms with Gasteiger partial charge in [-0.15, -0.1) is 0 Å². The summed E-state index contributed by atoms with van der Waals surface area (Å²) in [6.07, 6.45) is 4.67. The van der Waals surface area contributed by atoms with Gasteiger partial charge in [-0.3, -0.25) is 9.48 Å². The van der Waals surface area contributed by atoms with Crippen LogP contribution in [0.2, 0.25) is 0 Å². The SMILES string of the molecule is Cn1nc2cccc3c2c1CCCN(CCC(C)(C)O)C(=O)[C@@H]1C[C@@H](CN1c1ncnc2c1cnn2-c1ccc(F)cc1F)Oc1cccc-3c1. The minimum atomic E-state index is -0.974. The number of fused-ring (bicyclic) bond motifs is 6. The van der Waals surface area contributed by atoms with Crippen molar-refractivity contribution in [2.45, 2.75) is 57.3 Å². The number of carbonyl (C=O) groups excluding carboxylic acids is 1. The zero-order chi connectivity index (χ0) is 35.4. The molecule has 11 nitrogen and oxygen atoms in total. The second-order valence-electron chi connectivity index (χ2n) is 14.0. The number of hydrogen-bond acceptors (Lipinski definition) is 8. The van der Waals surface area contributed by atoms with Gasteiger partial charge in [0.2, 0.25) is 5.91 Å². The van der Waals surface area contributed by atoms with Crippen LogP contribution in [0.5, 0.6) is 5.75 Å². The minimum absolute atomic E-state index is 0.0395. The molecule has 0 spiro atoms. The van der Waals surface area contributed by atoms with Gasteiger partial charge in [0.05, 0.1) is 29.2 Å². The Hall–Kier alpha value is -5.43. The molecule has 5 heterocycles. The molecule has 2 aliphatic rings. The van der Waals surface area contributed by atoms with Crippen LogP contribution in [0.4, 0.5) is 14.6 Å². The van der Waals surface area contributed by atoms with E-state index in [9.17, 15) is 18.7 Å². The average molecular weight is 693 g/mol. The van der Waals surface area contributed by atoms with E-state index in [0.717, 1.165) is 39.9 Å². The van der Waals surface area contributed by atoms with Gasteiger partial charge in [-0.1, -0.05) is 24.3 Å². The second-order valence-corrected chi connectivity index (χ2v) is 14.0. The molecule has 51 heavy (non-hydrogen) atoms. The van der Waals surface area contributed by atoms with E-state index in [0.29, 0.717) is 67.9 Å². The maximum absolute atomic E-state index is 14.9. The van der Waals surface area contributed by atoms with Crippen molar-refractivity contribution in [3.63, 3.8) is 0 Å². The predicted octanol–water partition coefficient (Wildman–Crippen LogP) is 5.61. The van der Waals surface area contributed by atoms with Crippen molar-refractivity contribution in [2.24, 2.45) is 7.05 Å². The average Bonchev–Trinajstić information content (AvgIpc) is 3.80. The van der Waals surface area contributed by atoms with Crippen LogP contribution in [0.1, 0.15) is 38.8 Å². The summed E-state index contributed by atoms with van der Waals surface area (Å²) in [5, 5.41) is 21.5. The van der Waals surface area contributed by atoms with Crippen LogP contribution in [-0.2, 0) is 18.3 Å². The third-order valence-electron chi connectivity index (χ3n) is 9.88. The first-order valence-electron chi connectivity index (χ1n) is 17.2. The van der Waals surface area contributed by atoms with Crippen LogP contribution < -0.4 is 9.64 Å². The Balaban J connectivity index is 1.22. The fraction of sp³-hybridized carbons (Fsp3) is 0.342. The van der Waals surface area contributed by atoms with E-state index < -0.39 is 23.3 Å². The molecule has 13 heteroatoms.